The molecule has 0 saturated heterocycles. The van der Waals surface area contributed by atoms with Crippen LogP contribution in [-0.2, 0) is 0 Å². The minimum Gasteiger partial charge on any atom is -0.0969 e. The molecule has 0 nitrogen and oxygen atoms in total. The second kappa shape index (κ2) is 5.36. The van der Waals surface area contributed by atoms with Crippen molar-refractivity contribution in [2.24, 2.45) is 0 Å². The first-order valence-corrected chi connectivity index (χ1v) is 5.65. The van der Waals surface area contributed by atoms with Gasteiger partial charge >= 0.3 is 0 Å². The first kappa shape index (κ1) is 13.4. The van der Waals surface area contributed by atoms with Gasteiger partial charge in [-0.1, -0.05) is 84.2 Å². The third-order valence-corrected chi connectivity index (χ3v) is 4.00. The van der Waals surface area contributed by atoms with E-state index in [-0.39, 0.29) is 0 Å². The van der Waals surface area contributed by atoms with E-state index in [0.29, 0.717) is 6.42 Å². The highest BCUT2D eigenvalue weighted by Gasteiger charge is 2.44. The Bertz CT molecular complexity index is 126. The topological polar surface area (TPSA) is 0 Å². The van der Waals surface area contributed by atoms with Gasteiger partial charge in [0.2, 0.25) is 3.79 Å². The average Bonchev–Trinajstić information content (AvgIpc) is 1.85. The van der Waals surface area contributed by atoms with Crippen LogP contribution in [0.15, 0.2) is 0 Å². The zero-order valence-corrected chi connectivity index (χ0v) is 10.5. The largest absolute Gasteiger partial charge is 0.223 e. The van der Waals surface area contributed by atoms with Crippen molar-refractivity contribution in [2.45, 2.75) is 40.7 Å². The van der Waals surface area contributed by atoms with E-state index < -0.39 is 8.13 Å². The fourth-order valence-corrected chi connectivity index (χ4v) is 1.29. The fraction of sp³-hybridized carbons (Fsp3) is 1.00. The third kappa shape index (κ3) is 4.62. The van der Waals surface area contributed by atoms with Gasteiger partial charge in [0.15, 0.2) is 4.33 Å². The second-order valence-electron chi connectivity index (χ2n) is 2.66. The van der Waals surface area contributed by atoms with Crippen molar-refractivity contribution in [1.29, 1.82) is 0 Å². The highest BCUT2D eigenvalue weighted by Crippen LogP contribution is 2.48. The van der Waals surface area contributed by atoms with E-state index in [2.05, 4.69) is 6.92 Å². The molecule has 0 aromatic rings. The average molecular weight is 272 g/mol. The Kier molecular flexibility index (Phi) is 6.01. The van der Waals surface area contributed by atoms with E-state index in [1.54, 1.807) is 0 Å². The summed E-state index contributed by atoms with van der Waals surface area (Å²) in [6.07, 6.45) is 3.50. The van der Waals surface area contributed by atoms with Gasteiger partial charge in [-0.3, -0.25) is 0 Å². The summed E-state index contributed by atoms with van der Waals surface area (Å²) >= 11 is 28.3. The SMILES string of the molecule is CCCCCC(Cl)(Cl)C(Cl)(Cl)Cl. The molecule has 0 aliphatic heterocycles. The van der Waals surface area contributed by atoms with Crippen LogP contribution in [-0.4, -0.2) is 8.13 Å². The summed E-state index contributed by atoms with van der Waals surface area (Å²) in [5, 5.41) is 0. The molecule has 0 aliphatic carbocycles. The number of unbranched alkanes of at least 4 members (excludes halogenated alkanes) is 2. The molecule has 0 aromatic carbocycles. The lowest BCUT2D eigenvalue weighted by molar-refractivity contribution is 0.613. The van der Waals surface area contributed by atoms with Gasteiger partial charge < -0.3 is 0 Å². The van der Waals surface area contributed by atoms with Crippen molar-refractivity contribution in [3.8, 4) is 0 Å². The number of alkyl halides is 5. The summed E-state index contributed by atoms with van der Waals surface area (Å²) in [6.45, 7) is 2.08. The van der Waals surface area contributed by atoms with Gasteiger partial charge in [-0.15, -0.1) is 0 Å². The van der Waals surface area contributed by atoms with Crippen LogP contribution in [0.4, 0.5) is 0 Å². The highest BCUT2D eigenvalue weighted by atomic mass is 35.6. The molecule has 0 aromatic heterocycles. The van der Waals surface area contributed by atoms with Crippen molar-refractivity contribution < 1.29 is 0 Å². The van der Waals surface area contributed by atoms with E-state index in [1.165, 1.54) is 0 Å². The van der Waals surface area contributed by atoms with Crippen molar-refractivity contribution in [3.63, 3.8) is 0 Å². The lowest BCUT2D eigenvalue weighted by Gasteiger charge is -2.27. The number of rotatable bonds is 4. The van der Waals surface area contributed by atoms with E-state index in [1.807, 2.05) is 0 Å². The van der Waals surface area contributed by atoms with Gasteiger partial charge in [0.05, 0.1) is 0 Å². The third-order valence-electron chi connectivity index (χ3n) is 1.51. The van der Waals surface area contributed by atoms with Crippen LogP contribution in [0.1, 0.15) is 32.6 Å². The van der Waals surface area contributed by atoms with Crippen molar-refractivity contribution in [1.82, 2.24) is 0 Å². The van der Waals surface area contributed by atoms with Gasteiger partial charge in [0.1, 0.15) is 0 Å². The quantitative estimate of drug-likeness (QED) is 0.493. The van der Waals surface area contributed by atoms with Crippen molar-refractivity contribution >= 4 is 58.0 Å². The van der Waals surface area contributed by atoms with Gasteiger partial charge in [-0.2, -0.15) is 0 Å². The standard InChI is InChI=1S/C7H11Cl5/c1-2-3-4-5-6(8,9)7(10,11)12/h2-5H2,1H3. The molecule has 0 saturated carbocycles. The summed E-state index contributed by atoms with van der Waals surface area (Å²) in [5.41, 5.74) is 0. The maximum atomic E-state index is 5.82. The zero-order chi connectivity index (χ0) is 9.83. The lowest BCUT2D eigenvalue weighted by Crippen LogP contribution is -2.30. The molecule has 0 spiro atoms. The monoisotopic (exact) mass is 270 g/mol. The molecule has 0 rings (SSSR count). The molecule has 12 heavy (non-hydrogen) atoms. The molecule has 0 bridgehead atoms. The van der Waals surface area contributed by atoms with Crippen LogP contribution in [0.3, 0.4) is 0 Å². The zero-order valence-electron chi connectivity index (χ0n) is 6.72. The lowest BCUT2D eigenvalue weighted by atomic mass is 10.1. The fourth-order valence-electron chi connectivity index (χ4n) is 0.739. The molecule has 0 aliphatic rings. The first-order valence-electron chi connectivity index (χ1n) is 3.76. The first-order chi connectivity index (χ1) is 5.31. The summed E-state index contributed by atoms with van der Waals surface area (Å²) in [7, 11) is 0. The second-order valence-corrected chi connectivity index (χ2v) is 6.42. The Balaban J connectivity index is 3.88. The maximum Gasteiger partial charge on any atom is 0.223 e. The molecule has 5 heteroatoms. The van der Waals surface area contributed by atoms with Crippen LogP contribution in [0.5, 0.6) is 0 Å². The van der Waals surface area contributed by atoms with Crippen LogP contribution in [0.25, 0.3) is 0 Å². The molecule has 0 N–H and O–H groups in total. The Morgan fingerprint density at radius 2 is 1.42 bits per heavy atom. The molecule has 0 radical (unpaired) electrons. The van der Waals surface area contributed by atoms with E-state index in [4.69, 9.17) is 58.0 Å². The molecular formula is C7H11Cl5. The van der Waals surface area contributed by atoms with E-state index in [9.17, 15) is 0 Å². The molecule has 0 fully saturated rings. The molecule has 0 amide bonds. The number of halogens is 5. The summed E-state index contributed by atoms with van der Waals surface area (Å²) in [5.74, 6) is 0. The maximum absolute atomic E-state index is 5.82. The van der Waals surface area contributed by atoms with Crippen LogP contribution < -0.4 is 0 Å². The van der Waals surface area contributed by atoms with E-state index in [0.717, 1.165) is 19.3 Å². The van der Waals surface area contributed by atoms with Crippen LogP contribution >= 0.6 is 58.0 Å². The van der Waals surface area contributed by atoms with Gasteiger partial charge in [0, 0.05) is 0 Å². The Morgan fingerprint density at radius 1 is 0.917 bits per heavy atom. The van der Waals surface area contributed by atoms with Crippen LogP contribution in [0, 0.1) is 0 Å². The van der Waals surface area contributed by atoms with Gasteiger partial charge in [-0.05, 0) is 6.42 Å². The smallest absolute Gasteiger partial charge is 0.0969 e. The van der Waals surface area contributed by atoms with Gasteiger partial charge in [0.25, 0.3) is 0 Å². The predicted octanol–water partition coefficient (Wildman–Crippen LogP) is 5.11. The minimum absolute atomic E-state index is 0.500. The highest BCUT2D eigenvalue weighted by molar-refractivity contribution is 6.75. The molecule has 0 atom stereocenters. The van der Waals surface area contributed by atoms with Gasteiger partial charge in [-0.25, -0.2) is 0 Å². The molecular weight excluding hydrogens is 261 g/mol. The van der Waals surface area contributed by atoms with Crippen molar-refractivity contribution in [3.05, 3.63) is 0 Å². The summed E-state index contributed by atoms with van der Waals surface area (Å²) < 4.78 is -2.88. The van der Waals surface area contributed by atoms with Crippen LogP contribution in [0.2, 0.25) is 0 Å². The predicted molar refractivity (Wildman–Crippen MR) is 58.9 cm³/mol. The Labute approximate surface area is 98.4 Å². The Hall–Kier alpha value is 1.45. The number of hydrogen-bond acceptors (Lipinski definition) is 0. The van der Waals surface area contributed by atoms with E-state index >= 15 is 0 Å². The number of hydrogen-bond donors (Lipinski definition) is 0. The molecule has 0 heterocycles. The summed E-state index contributed by atoms with van der Waals surface area (Å²) in [6, 6.07) is 0. The Morgan fingerprint density at radius 3 is 1.75 bits per heavy atom. The summed E-state index contributed by atoms with van der Waals surface area (Å²) in [4.78, 5) is 0. The minimum atomic E-state index is -1.61. The van der Waals surface area contributed by atoms with Crippen molar-refractivity contribution in [2.75, 3.05) is 0 Å². The molecule has 74 valence electrons. The molecule has 0 unspecified atom stereocenters. The normalized spacial score (nSPS) is 13.5.